The number of para-hydroxylation sites is 1. The minimum absolute atomic E-state index is 0.243. The maximum Gasteiger partial charge on any atom is 0.242 e. The Balaban J connectivity index is 1.78. The Morgan fingerprint density at radius 2 is 1.75 bits per heavy atom. The average molecular weight is 326 g/mol. The zero-order valence-corrected chi connectivity index (χ0v) is 13.7. The number of carbonyl (C=O) groups excluding carboxylic acids is 2. The van der Waals surface area contributed by atoms with Crippen LogP contribution in [0.25, 0.3) is 0 Å². The Bertz CT molecular complexity index is 784. The first-order chi connectivity index (χ1) is 11.4. The van der Waals surface area contributed by atoms with Crippen LogP contribution in [0.15, 0.2) is 48.5 Å². The Labute approximate surface area is 140 Å². The molecule has 0 saturated carbocycles. The highest BCUT2D eigenvalue weighted by molar-refractivity contribution is 6.15. The van der Waals surface area contributed by atoms with E-state index in [0.717, 1.165) is 17.7 Å². The first-order valence-corrected chi connectivity index (χ1v) is 7.86. The molecule has 3 rings (SSSR count). The van der Waals surface area contributed by atoms with Crippen LogP contribution in [0.5, 0.6) is 0 Å². The normalized spacial score (nSPS) is 13.5. The van der Waals surface area contributed by atoms with Gasteiger partial charge in [0, 0.05) is 17.9 Å². The summed E-state index contributed by atoms with van der Waals surface area (Å²) >= 11 is 0. The number of halogens is 1. The van der Waals surface area contributed by atoms with Gasteiger partial charge < -0.3 is 10.2 Å². The summed E-state index contributed by atoms with van der Waals surface area (Å²) in [4.78, 5) is 27.2. The zero-order chi connectivity index (χ0) is 17.3. The minimum atomic E-state index is -1.23. The molecule has 0 radical (unpaired) electrons. The van der Waals surface area contributed by atoms with Gasteiger partial charge in [0.15, 0.2) is 0 Å². The van der Waals surface area contributed by atoms with Crippen molar-refractivity contribution in [1.82, 2.24) is 0 Å². The van der Waals surface area contributed by atoms with Crippen LogP contribution in [0.3, 0.4) is 0 Å². The van der Waals surface area contributed by atoms with Crippen LogP contribution in [0.1, 0.15) is 19.4 Å². The van der Waals surface area contributed by atoms with E-state index < -0.39 is 11.3 Å². The predicted molar refractivity (Wildman–Crippen MR) is 91.3 cm³/mol. The maximum absolute atomic E-state index is 13.0. The summed E-state index contributed by atoms with van der Waals surface area (Å²) in [6.07, 6.45) is 0.789. The number of amides is 2. The molecule has 2 aromatic carbocycles. The van der Waals surface area contributed by atoms with E-state index in [-0.39, 0.29) is 11.7 Å². The standard InChI is InChI=1S/C19H19FN2O2/c1-19(2,17(23)21-15-9-7-14(20)8-10-15)18(24)22-12-11-13-5-3-4-6-16(13)22/h3-10H,11-12H2,1-2H3,(H,21,23). The lowest BCUT2D eigenvalue weighted by Crippen LogP contribution is -2.47. The number of rotatable bonds is 3. The van der Waals surface area contributed by atoms with Crippen molar-refractivity contribution in [2.45, 2.75) is 20.3 Å². The number of anilines is 2. The summed E-state index contributed by atoms with van der Waals surface area (Å²) in [6, 6.07) is 13.2. The number of fused-ring (bicyclic) bond motifs is 1. The highest BCUT2D eigenvalue weighted by Crippen LogP contribution is 2.32. The Kier molecular flexibility index (Phi) is 4.09. The maximum atomic E-state index is 13.0. The molecule has 2 amide bonds. The lowest BCUT2D eigenvalue weighted by molar-refractivity contribution is -0.136. The van der Waals surface area contributed by atoms with Crippen molar-refractivity contribution in [1.29, 1.82) is 0 Å². The fourth-order valence-electron chi connectivity index (χ4n) is 2.80. The molecule has 1 aliphatic heterocycles. The second-order valence-corrected chi connectivity index (χ2v) is 6.42. The van der Waals surface area contributed by atoms with Gasteiger partial charge in [-0.05, 0) is 56.2 Å². The predicted octanol–water partition coefficient (Wildman–Crippen LogP) is 3.38. The third-order valence-electron chi connectivity index (χ3n) is 4.34. The molecule has 0 aliphatic carbocycles. The van der Waals surface area contributed by atoms with Crippen molar-refractivity contribution in [2.24, 2.45) is 5.41 Å². The van der Waals surface area contributed by atoms with E-state index in [0.29, 0.717) is 12.2 Å². The van der Waals surface area contributed by atoms with Gasteiger partial charge in [0.2, 0.25) is 11.8 Å². The summed E-state index contributed by atoms with van der Waals surface area (Å²) in [6.45, 7) is 3.79. The number of nitrogens with zero attached hydrogens (tertiary/aromatic N) is 1. The lowest BCUT2D eigenvalue weighted by Gasteiger charge is -2.28. The Morgan fingerprint density at radius 3 is 2.46 bits per heavy atom. The highest BCUT2D eigenvalue weighted by atomic mass is 19.1. The van der Waals surface area contributed by atoms with Crippen LogP contribution in [0, 0.1) is 11.2 Å². The van der Waals surface area contributed by atoms with Crippen molar-refractivity contribution in [3.63, 3.8) is 0 Å². The van der Waals surface area contributed by atoms with E-state index in [1.54, 1.807) is 18.7 Å². The largest absolute Gasteiger partial charge is 0.325 e. The van der Waals surface area contributed by atoms with Gasteiger partial charge in [0.05, 0.1) is 0 Å². The molecule has 0 bridgehead atoms. The summed E-state index contributed by atoms with van der Waals surface area (Å²) in [7, 11) is 0. The molecule has 4 nitrogen and oxygen atoms in total. The summed E-state index contributed by atoms with van der Waals surface area (Å²) in [5.41, 5.74) is 1.21. The molecular weight excluding hydrogens is 307 g/mol. The van der Waals surface area contributed by atoms with Crippen LogP contribution >= 0.6 is 0 Å². The van der Waals surface area contributed by atoms with E-state index in [4.69, 9.17) is 0 Å². The van der Waals surface area contributed by atoms with Gasteiger partial charge in [-0.3, -0.25) is 9.59 Å². The van der Waals surface area contributed by atoms with Crippen molar-refractivity contribution in [3.8, 4) is 0 Å². The smallest absolute Gasteiger partial charge is 0.242 e. The minimum Gasteiger partial charge on any atom is -0.325 e. The molecule has 0 atom stereocenters. The molecule has 5 heteroatoms. The molecule has 0 unspecified atom stereocenters. The first kappa shape index (κ1) is 16.2. The topological polar surface area (TPSA) is 49.4 Å². The summed E-state index contributed by atoms with van der Waals surface area (Å²) in [5.74, 6) is -1.03. The zero-order valence-electron chi connectivity index (χ0n) is 13.7. The lowest BCUT2D eigenvalue weighted by atomic mass is 9.90. The Hall–Kier alpha value is -2.69. The number of benzene rings is 2. The number of nitrogens with one attached hydrogen (secondary N) is 1. The first-order valence-electron chi connectivity index (χ1n) is 7.86. The van der Waals surface area contributed by atoms with Gasteiger partial charge in [-0.15, -0.1) is 0 Å². The van der Waals surface area contributed by atoms with Crippen molar-refractivity contribution in [3.05, 3.63) is 59.9 Å². The van der Waals surface area contributed by atoms with E-state index in [1.807, 2.05) is 24.3 Å². The highest BCUT2D eigenvalue weighted by Gasteiger charge is 2.41. The number of hydrogen-bond acceptors (Lipinski definition) is 2. The van der Waals surface area contributed by atoms with Gasteiger partial charge in [-0.1, -0.05) is 18.2 Å². The van der Waals surface area contributed by atoms with Crippen LogP contribution in [0.2, 0.25) is 0 Å². The third-order valence-corrected chi connectivity index (χ3v) is 4.34. The average Bonchev–Trinajstić information content (AvgIpc) is 3.00. The Morgan fingerprint density at radius 1 is 1.08 bits per heavy atom. The van der Waals surface area contributed by atoms with Crippen molar-refractivity contribution >= 4 is 23.2 Å². The monoisotopic (exact) mass is 326 g/mol. The van der Waals surface area contributed by atoms with Gasteiger partial charge in [0.1, 0.15) is 11.2 Å². The van der Waals surface area contributed by atoms with Crippen LogP contribution < -0.4 is 10.2 Å². The van der Waals surface area contributed by atoms with Crippen LogP contribution in [0.4, 0.5) is 15.8 Å². The SMILES string of the molecule is CC(C)(C(=O)Nc1ccc(F)cc1)C(=O)N1CCc2ccccc21. The molecule has 1 heterocycles. The molecule has 124 valence electrons. The molecule has 0 spiro atoms. The molecule has 0 saturated heterocycles. The fraction of sp³-hybridized carbons (Fsp3) is 0.263. The fourth-order valence-corrected chi connectivity index (χ4v) is 2.80. The summed E-state index contributed by atoms with van der Waals surface area (Å²) < 4.78 is 13.0. The van der Waals surface area contributed by atoms with Crippen molar-refractivity contribution in [2.75, 3.05) is 16.8 Å². The van der Waals surface area contributed by atoms with Crippen molar-refractivity contribution < 1.29 is 14.0 Å². The van der Waals surface area contributed by atoms with Gasteiger partial charge >= 0.3 is 0 Å². The molecule has 1 N–H and O–H groups in total. The molecule has 1 aliphatic rings. The van der Waals surface area contributed by atoms with E-state index in [1.165, 1.54) is 24.3 Å². The molecule has 24 heavy (non-hydrogen) atoms. The summed E-state index contributed by atoms with van der Waals surface area (Å²) in [5, 5.41) is 2.68. The van der Waals surface area contributed by atoms with Crippen LogP contribution in [-0.4, -0.2) is 18.4 Å². The second-order valence-electron chi connectivity index (χ2n) is 6.42. The van der Waals surface area contributed by atoms with E-state index in [9.17, 15) is 14.0 Å². The second kappa shape index (κ2) is 6.07. The number of carbonyl (C=O) groups is 2. The van der Waals surface area contributed by atoms with Gasteiger partial charge in [-0.2, -0.15) is 0 Å². The quantitative estimate of drug-likeness (QED) is 0.879. The third kappa shape index (κ3) is 2.89. The van der Waals surface area contributed by atoms with Gasteiger partial charge in [-0.25, -0.2) is 4.39 Å². The molecule has 0 fully saturated rings. The van der Waals surface area contributed by atoms with E-state index >= 15 is 0 Å². The number of hydrogen-bond donors (Lipinski definition) is 1. The van der Waals surface area contributed by atoms with Crippen LogP contribution in [-0.2, 0) is 16.0 Å². The molecular formula is C19H19FN2O2. The van der Waals surface area contributed by atoms with Gasteiger partial charge in [0.25, 0.3) is 0 Å². The molecule has 2 aromatic rings. The van der Waals surface area contributed by atoms with E-state index in [2.05, 4.69) is 5.32 Å². The molecule has 0 aromatic heterocycles.